The maximum absolute atomic E-state index is 5.78. The van der Waals surface area contributed by atoms with Crippen LogP contribution in [0.25, 0.3) is 0 Å². The molecule has 1 atom stereocenters. The largest absolute Gasteiger partial charge is 0.368 e. The van der Waals surface area contributed by atoms with Crippen LogP contribution in [0.4, 0.5) is 0 Å². The lowest BCUT2D eigenvalue weighted by Crippen LogP contribution is -2.38. The number of rotatable bonds is 3. The maximum Gasteiger partial charge on any atom is 0.123 e. The van der Waals surface area contributed by atoms with Gasteiger partial charge in [-0.05, 0) is 0 Å². The van der Waals surface area contributed by atoms with E-state index in [1.165, 1.54) is 0 Å². The molecule has 18 heavy (non-hydrogen) atoms. The quantitative estimate of drug-likeness (QED) is 0.841. The van der Waals surface area contributed by atoms with E-state index in [1.54, 1.807) is 11.3 Å². The Morgan fingerprint density at radius 1 is 1.44 bits per heavy atom. The molecule has 2 aromatic heterocycles. The molecule has 0 radical (unpaired) electrons. The van der Waals surface area contributed by atoms with Gasteiger partial charge in [-0.25, -0.2) is 9.97 Å². The number of nitrogens with zero attached hydrogens (tertiary/aromatic N) is 4. The van der Waals surface area contributed by atoms with Crippen molar-refractivity contribution in [2.75, 3.05) is 19.7 Å². The topological polar surface area (TPSA) is 43.2 Å². The maximum atomic E-state index is 5.78. The van der Waals surface area contributed by atoms with Crippen LogP contribution in [0.5, 0.6) is 0 Å². The summed E-state index contributed by atoms with van der Waals surface area (Å²) < 4.78 is 7.84. The summed E-state index contributed by atoms with van der Waals surface area (Å²) in [5.74, 6) is 1.09. The Kier molecular flexibility index (Phi) is 3.40. The van der Waals surface area contributed by atoms with Gasteiger partial charge in [0.1, 0.15) is 16.9 Å². The number of thiazole rings is 1. The first-order valence-corrected chi connectivity index (χ1v) is 6.90. The van der Waals surface area contributed by atoms with Crippen LogP contribution >= 0.6 is 11.3 Å². The average Bonchev–Trinajstić information content (AvgIpc) is 3.02. The van der Waals surface area contributed by atoms with Gasteiger partial charge in [0.2, 0.25) is 0 Å². The Hall–Kier alpha value is -1.24. The Labute approximate surface area is 110 Å². The Morgan fingerprint density at radius 3 is 3.11 bits per heavy atom. The highest BCUT2D eigenvalue weighted by Crippen LogP contribution is 2.24. The van der Waals surface area contributed by atoms with E-state index < -0.39 is 0 Å². The number of ether oxygens (including phenoxy) is 1. The van der Waals surface area contributed by atoms with E-state index in [9.17, 15) is 0 Å². The van der Waals surface area contributed by atoms with Crippen LogP contribution in [-0.4, -0.2) is 39.1 Å². The van der Waals surface area contributed by atoms with Crippen molar-refractivity contribution >= 4 is 11.3 Å². The molecule has 1 fully saturated rings. The molecule has 0 unspecified atom stereocenters. The van der Waals surface area contributed by atoms with Gasteiger partial charge in [0.25, 0.3) is 0 Å². The van der Waals surface area contributed by atoms with Crippen LogP contribution in [0.15, 0.2) is 24.0 Å². The Bertz CT molecular complexity index is 496. The zero-order chi connectivity index (χ0) is 12.4. The minimum Gasteiger partial charge on any atom is -0.368 e. The third-order valence-electron chi connectivity index (χ3n) is 3.16. The predicted molar refractivity (Wildman–Crippen MR) is 69.3 cm³/mol. The van der Waals surface area contributed by atoms with E-state index in [0.717, 1.165) is 37.1 Å². The fourth-order valence-electron chi connectivity index (χ4n) is 2.14. The van der Waals surface area contributed by atoms with Gasteiger partial charge in [-0.1, -0.05) is 0 Å². The van der Waals surface area contributed by atoms with Crippen molar-refractivity contribution < 1.29 is 4.74 Å². The molecule has 0 bridgehead atoms. The van der Waals surface area contributed by atoms with Crippen molar-refractivity contribution in [1.82, 2.24) is 19.4 Å². The molecular formula is C12H16N4OS. The third-order valence-corrected chi connectivity index (χ3v) is 4.03. The van der Waals surface area contributed by atoms with Crippen molar-refractivity contribution in [2.45, 2.75) is 12.6 Å². The Balaban J connectivity index is 1.66. The van der Waals surface area contributed by atoms with Crippen molar-refractivity contribution in [3.8, 4) is 0 Å². The fourth-order valence-corrected chi connectivity index (χ4v) is 2.82. The van der Waals surface area contributed by atoms with E-state index in [2.05, 4.69) is 19.4 Å². The Morgan fingerprint density at radius 2 is 2.39 bits per heavy atom. The third kappa shape index (κ3) is 2.45. The second kappa shape index (κ2) is 5.17. The van der Waals surface area contributed by atoms with E-state index in [4.69, 9.17) is 4.74 Å². The van der Waals surface area contributed by atoms with E-state index in [-0.39, 0.29) is 6.10 Å². The SMILES string of the molecule is Cn1ccnc1CN1CCO[C@@H](c2nccs2)C1. The first-order chi connectivity index (χ1) is 8.83. The smallest absolute Gasteiger partial charge is 0.123 e. The summed E-state index contributed by atoms with van der Waals surface area (Å²) in [6.07, 6.45) is 5.77. The first-order valence-electron chi connectivity index (χ1n) is 6.02. The highest BCUT2D eigenvalue weighted by Gasteiger charge is 2.24. The van der Waals surface area contributed by atoms with Crippen molar-refractivity contribution in [1.29, 1.82) is 0 Å². The molecule has 0 aromatic carbocycles. The second-order valence-corrected chi connectivity index (χ2v) is 5.35. The van der Waals surface area contributed by atoms with Gasteiger partial charge < -0.3 is 9.30 Å². The van der Waals surface area contributed by atoms with Crippen molar-refractivity contribution in [3.63, 3.8) is 0 Å². The molecule has 3 rings (SSSR count). The molecule has 96 valence electrons. The summed E-state index contributed by atoms with van der Waals surface area (Å²) in [6, 6.07) is 0. The molecule has 1 saturated heterocycles. The number of morpholine rings is 1. The van der Waals surface area contributed by atoms with Crippen LogP contribution in [0.2, 0.25) is 0 Å². The first kappa shape index (κ1) is 11.8. The lowest BCUT2D eigenvalue weighted by molar-refractivity contribution is -0.0339. The minimum absolute atomic E-state index is 0.110. The van der Waals surface area contributed by atoms with Gasteiger partial charge in [0.15, 0.2) is 0 Å². The zero-order valence-electron chi connectivity index (χ0n) is 10.3. The van der Waals surface area contributed by atoms with Gasteiger partial charge in [-0.2, -0.15) is 0 Å². The number of hydrogen-bond acceptors (Lipinski definition) is 5. The zero-order valence-corrected chi connectivity index (χ0v) is 11.1. The summed E-state index contributed by atoms with van der Waals surface area (Å²) in [5.41, 5.74) is 0. The summed E-state index contributed by atoms with van der Waals surface area (Å²) in [4.78, 5) is 11.1. The monoisotopic (exact) mass is 264 g/mol. The normalized spacial score (nSPS) is 21.3. The van der Waals surface area contributed by atoms with E-state index in [0.29, 0.717) is 0 Å². The molecule has 0 N–H and O–H groups in total. The molecule has 1 aliphatic rings. The second-order valence-electron chi connectivity index (χ2n) is 4.42. The van der Waals surface area contributed by atoms with Crippen LogP contribution < -0.4 is 0 Å². The molecule has 0 amide bonds. The molecule has 5 nitrogen and oxygen atoms in total. The minimum atomic E-state index is 0.110. The van der Waals surface area contributed by atoms with Crippen LogP contribution in [0.3, 0.4) is 0 Å². The lowest BCUT2D eigenvalue weighted by atomic mass is 10.3. The standard InChI is InChI=1S/C12H16N4OS/c1-15-4-2-13-11(15)9-16-5-6-17-10(8-16)12-14-3-7-18-12/h2-4,7,10H,5-6,8-9H2,1H3/t10-/m1/s1. The molecule has 3 heterocycles. The summed E-state index contributed by atoms with van der Waals surface area (Å²) >= 11 is 1.66. The average molecular weight is 264 g/mol. The fraction of sp³-hybridized carbons (Fsp3) is 0.500. The number of hydrogen-bond donors (Lipinski definition) is 0. The molecule has 0 aliphatic carbocycles. The van der Waals surface area contributed by atoms with E-state index in [1.807, 2.05) is 31.0 Å². The predicted octanol–water partition coefficient (Wildman–Crippen LogP) is 1.45. The number of aromatic nitrogens is 3. The molecule has 0 saturated carbocycles. The highest BCUT2D eigenvalue weighted by atomic mass is 32.1. The van der Waals surface area contributed by atoms with Gasteiger partial charge in [0.05, 0.1) is 13.2 Å². The van der Waals surface area contributed by atoms with Crippen molar-refractivity contribution in [3.05, 3.63) is 34.8 Å². The van der Waals surface area contributed by atoms with E-state index >= 15 is 0 Å². The van der Waals surface area contributed by atoms with Gasteiger partial charge in [-0.15, -0.1) is 11.3 Å². The van der Waals surface area contributed by atoms with Crippen molar-refractivity contribution in [2.24, 2.45) is 7.05 Å². The summed E-state index contributed by atoms with van der Waals surface area (Å²) in [7, 11) is 2.03. The van der Waals surface area contributed by atoms with Crippen LogP contribution in [0.1, 0.15) is 16.9 Å². The molecule has 1 aliphatic heterocycles. The highest BCUT2D eigenvalue weighted by molar-refractivity contribution is 7.09. The molecule has 0 spiro atoms. The van der Waals surface area contributed by atoms with Crippen LogP contribution in [-0.2, 0) is 18.3 Å². The summed E-state index contributed by atoms with van der Waals surface area (Å²) in [5, 5.41) is 3.07. The number of imidazole rings is 1. The number of aryl methyl sites for hydroxylation is 1. The van der Waals surface area contributed by atoms with Gasteiger partial charge >= 0.3 is 0 Å². The summed E-state index contributed by atoms with van der Waals surface area (Å²) in [6.45, 7) is 3.47. The molecule has 2 aromatic rings. The van der Waals surface area contributed by atoms with Gasteiger partial charge in [-0.3, -0.25) is 4.90 Å². The van der Waals surface area contributed by atoms with Gasteiger partial charge in [0, 0.05) is 44.1 Å². The lowest BCUT2D eigenvalue weighted by Gasteiger charge is -2.31. The van der Waals surface area contributed by atoms with Crippen LogP contribution in [0, 0.1) is 0 Å². The molecular weight excluding hydrogens is 248 g/mol. The molecule has 6 heteroatoms.